The molecule has 1 aliphatic rings. The van der Waals surface area contributed by atoms with Gasteiger partial charge in [-0.15, -0.1) is 0 Å². The molecular formula is C15H13BrN2O2. The van der Waals surface area contributed by atoms with Crippen LogP contribution < -0.4 is 0 Å². The maximum absolute atomic E-state index is 11.4. The number of halogens is 1. The Labute approximate surface area is 125 Å². The van der Waals surface area contributed by atoms with Gasteiger partial charge in [0, 0.05) is 15.7 Å². The van der Waals surface area contributed by atoms with Crippen LogP contribution in [0.25, 0.3) is 11.3 Å². The van der Waals surface area contributed by atoms with Gasteiger partial charge in [0.05, 0.1) is 5.69 Å². The lowest BCUT2D eigenvalue weighted by atomic mass is 10.1. The van der Waals surface area contributed by atoms with Crippen molar-refractivity contribution < 1.29 is 9.90 Å². The van der Waals surface area contributed by atoms with E-state index >= 15 is 0 Å². The number of carboxylic acid groups (broad SMARTS) is 1. The third kappa shape index (κ3) is 2.12. The molecule has 0 radical (unpaired) electrons. The molecule has 5 heteroatoms. The summed E-state index contributed by atoms with van der Waals surface area (Å²) in [4.78, 5) is 20.3. The molecule has 1 heterocycles. The largest absolute Gasteiger partial charge is 0.480 e. The second-order valence-corrected chi connectivity index (χ2v) is 5.94. The number of aromatic nitrogens is 2. The SMILES string of the molecule is Cc1cc(-c2ccccc2Br)nc(C2(C(=O)O)CC2)n1. The van der Waals surface area contributed by atoms with Crippen LogP contribution in [0, 0.1) is 6.92 Å². The van der Waals surface area contributed by atoms with E-state index in [-0.39, 0.29) is 0 Å². The normalized spacial score (nSPS) is 15.9. The Balaban J connectivity index is 2.13. The van der Waals surface area contributed by atoms with E-state index in [9.17, 15) is 9.90 Å². The Hall–Kier alpha value is -1.75. The molecule has 0 unspecified atom stereocenters. The second-order valence-electron chi connectivity index (χ2n) is 5.09. The first-order valence-electron chi connectivity index (χ1n) is 6.37. The zero-order valence-electron chi connectivity index (χ0n) is 10.9. The van der Waals surface area contributed by atoms with Crippen molar-refractivity contribution in [1.29, 1.82) is 0 Å². The summed E-state index contributed by atoms with van der Waals surface area (Å²) >= 11 is 3.50. The molecule has 0 aliphatic heterocycles. The van der Waals surface area contributed by atoms with Gasteiger partial charge in [-0.05, 0) is 31.9 Å². The molecule has 1 aromatic carbocycles. The zero-order chi connectivity index (χ0) is 14.3. The highest BCUT2D eigenvalue weighted by molar-refractivity contribution is 9.10. The Bertz CT molecular complexity index is 696. The van der Waals surface area contributed by atoms with Crippen molar-refractivity contribution in [3.63, 3.8) is 0 Å². The van der Waals surface area contributed by atoms with Gasteiger partial charge in [0.2, 0.25) is 0 Å². The molecule has 0 saturated heterocycles. The van der Waals surface area contributed by atoms with Crippen molar-refractivity contribution in [3.8, 4) is 11.3 Å². The summed E-state index contributed by atoms with van der Waals surface area (Å²) in [5.74, 6) is -0.406. The lowest BCUT2D eigenvalue weighted by molar-refractivity contribution is -0.140. The van der Waals surface area contributed by atoms with E-state index in [0.717, 1.165) is 21.4 Å². The third-order valence-electron chi connectivity index (χ3n) is 3.59. The monoisotopic (exact) mass is 332 g/mol. The minimum Gasteiger partial charge on any atom is -0.480 e. The summed E-state index contributed by atoms with van der Waals surface area (Å²) < 4.78 is 0.934. The first kappa shape index (κ1) is 13.2. The van der Waals surface area contributed by atoms with E-state index in [4.69, 9.17) is 0 Å². The molecule has 2 aromatic rings. The van der Waals surface area contributed by atoms with Gasteiger partial charge in [-0.3, -0.25) is 4.79 Å². The van der Waals surface area contributed by atoms with E-state index in [1.165, 1.54) is 0 Å². The third-order valence-corrected chi connectivity index (χ3v) is 4.28. The molecule has 102 valence electrons. The number of rotatable bonds is 3. The molecule has 1 fully saturated rings. The smallest absolute Gasteiger partial charge is 0.317 e. The van der Waals surface area contributed by atoms with Gasteiger partial charge < -0.3 is 5.11 Å². The van der Waals surface area contributed by atoms with Crippen molar-refractivity contribution in [1.82, 2.24) is 9.97 Å². The lowest BCUT2D eigenvalue weighted by Crippen LogP contribution is -2.23. The van der Waals surface area contributed by atoms with Gasteiger partial charge in [-0.1, -0.05) is 34.1 Å². The van der Waals surface area contributed by atoms with E-state index in [2.05, 4.69) is 25.9 Å². The molecule has 20 heavy (non-hydrogen) atoms. The van der Waals surface area contributed by atoms with Crippen LogP contribution >= 0.6 is 15.9 Å². The van der Waals surface area contributed by atoms with Crippen molar-refractivity contribution in [2.24, 2.45) is 0 Å². The van der Waals surface area contributed by atoms with E-state index in [1.54, 1.807) is 0 Å². The Morgan fingerprint density at radius 1 is 1.30 bits per heavy atom. The van der Waals surface area contributed by atoms with Crippen LogP contribution in [0.2, 0.25) is 0 Å². The van der Waals surface area contributed by atoms with Crippen molar-refractivity contribution in [3.05, 3.63) is 46.3 Å². The zero-order valence-corrected chi connectivity index (χ0v) is 12.5. The van der Waals surface area contributed by atoms with Crippen molar-refractivity contribution in [2.75, 3.05) is 0 Å². The van der Waals surface area contributed by atoms with E-state index < -0.39 is 11.4 Å². The summed E-state index contributed by atoms with van der Waals surface area (Å²) in [5.41, 5.74) is 1.61. The second kappa shape index (κ2) is 4.66. The molecule has 1 N–H and O–H groups in total. The van der Waals surface area contributed by atoms with Gasteiger partial charge in [0.25, 0.3) is 0 Å². The highest BCUT2D eigenvalue weighted by atomic mass is 79.9. The van der Waals surface area contributed by atoms with Crippen molar-refractivity contribution >= 4 is 21.9 Å². The van der Waals surface area contributed by atoms with E-state index in [1.807, 2.05) is 37.3 Å². The number of carbonyl (C=O) groups is 1. The van der Waals surface area contributed by atoms with Gasteiger partial charge >= 0.3 is 5.97 Å². The van der Waals surface area contributed by atoms with Gasteiger partial charge in [-0.2, -0.15) is 0 Å². The number of aliphatic carboxylic acids is 1. The van der Waals surface area contributed by atoms with Crippen LogP contribution in [0.15, 0.2) is 34.8 Å². The number of nitrogens with zero attached hydrogens (tertiary/aromatic N) is 2. The summed E-state index contributed by atoms with van der Waals surface area (Å²) in [7, 11) is 0. The fourth-order valence-electron chi connectivity index (χ4n) is 2.25. The molecule has 1 saturated carbocycles. The summed E-state index contributed by atoms with van der Waals surface area (Å²) in [6, 6.07) is 9.64. The molecular weight excluding hydrogens is 320 g/mol. The minimum atomic E-state index is -0.873. The summed E-state index contributed by atoms with van der Waals surface area (Å²) in [6.07, 6.45) is 1.22. The number of carboxylic acids is 1. The summed E-state index contributed by atoms with van der Waals surface area (Å²) in [6.45, 7) is 1.86. The highest BCUT2D eigenvalue weighted by Gasteiger charge is 2.54. The van der Waals surface area contributed by atoms with E-state index in [0.29, 0.717) is 18.7 Å². The quantitative estimate of drug-likeness (QED) is 0.936. The predicted octanol–water partition coefficient (Wildman–Crippen LogP) is 3.33. The van der Waals surface area contributed by atoms with Crippen LogP contribution in [0.1, 0.15) is 24.4 Å². The maximum atomic E-state index is 11.4. The van der Waals surface area contributed by atoms with Gasteiger partial charge in [-0.25, -0.2) is 9.97 Å². The van der Waals surface area contributed by atoms with Crippen molar-refractivity contribution in [2.45, 2.75) is 25.2 Å². The fraction of sp³-hybridized carbons (Fsp3) is 0.267. The Kier molecular flexibility index (Phi) is 3.09. The molecule has 3 rings (SSSR count). The molecule has 1 aromatic heterocycles. The topological polar surface area (TPSA) is 63.1 Å². The first-order valence-corrected chi connectivity index (χ1v) is 7.17. The number of benzene rings is 1. The standard InChI is InChI=1S/C15H13BrN2O2/c1-9-8-12(10-4-2-3-5-11(10)16)18-13(17-9)15(6-7-15)14(19)20/h2-5,8H,6-7H2,1H3,(H,19,20). The Morgan fingerprint density at radius 3 is 2.60 bits per heavy atom. The van der Waals surface area contributed by atoms with Gasteiger partial charge in [0.1, 0.15) is 11.2 Å². The average Bonchev–Trinajstić information content (AvgIpc) is 3.20. The summed E-state index contributed by atoms with van der Waals surface area (Å²) in [5, 5.41) is 9.37. The van der Waals surface area contributed by atoms with Crippen LogP contribution in [0.3, 0.4) is 0 Å². The number of aryl methyl sites for hydroxylation is 1. The first-order chi connectivity index (χ1) is 9.53. The fourth-order valence-corrected chi connectivity index (χ4v) is 2.74. The van der Waals surface area contributed by atoms with Crippen LogP contribution in [-0.4, -0.2) is 21.0 Å². The molecule has 4 nitrogen and oxygen atoms in total. The highest BCUT2D eigenvalue weighted by Crippen LogP contribution is 2.47. The average molecular weight is 333 g/mol. The maximum Gasteiger partial charge on any atom is 0.317 e. The van der Waals surface area contributed by atoms with Crippen LogP contribution in [0.4, 0.5) is 0 Å². The molecule has 0 bridgehead atoms. The molecule has 0 atom stereocenters. The molecule has 1 aliphatic carbocycles. The Morgan fingerprint density at radius 2 is 2.00 bits per heavy atom. The minimum absolute atomic E-state index is 0.427. The number of hydrogen-bond acceptors (Lipinski definition) is 3. The predicted molar refractivity (Wildman–Crippen MR) is 78.5 cm³/mol. The van der Waals surface area contributed by atoms with Crippen LogP contribution in [-0.2, 0) is 10.2 Å². The molecule has 0 amide bonds. The van der Waals surface area contributed by atoms with Gasteiger partial charge in [0.15, 0.2) is 0 Å². The van der Waals surface area contributed by atoms with Crippen LogP contribution in [0.5, 0.6) is 0 Å². The lowest BCUT2D eigenvalue weighted by Gasteiger charge is -2.12. The number of hydrogen-bond donors (Lipinski definition) is 1. The molecule has 0 spiro atoms.